The number of hydrogen-bond acceptors (Lipinski definition) is 0. The Morgan fingerprint density at radius 2 is 1.44 bits per heavy atom. The first kappa shape index (κ1) is 12.0. The van der Waals surface area contributed by atoms with Gasteiger partial charge in [0.05, 0.1) is 0 Å². The third-order valence-electron chi connectivity index (χ3n) is 0.607. The van der Waals surface area contributed by atoms with Crippen LogP contribution >= 0.6 is 14.1 Å². The van der Waals surface area contributed by atoms with Gasteiger partial charge in [0.1, 0.15) is 0 Å². The van der Waals surface area contributed by atoms with Crippen molar-refractivity contribution in [3.63, 3.8) is 0 Å². The van der Waals surface area contributed by atoms with Crippen molar-refractivity contribution in [3.8, 4) is 0 Å². The minimum Gasteiger partial charge on any atom is -0.184 e. The van der Waals surface area contributed by atoms with E-state index in [4.69, 9.17) is 0 Å². The number of halogens is 1. The van der Waals surface area contributed by atoms with E-state index in [1.807, 2.05) is 30.3 Å². The first-order valence-corrected chi connectivity index (χ1v) is 4.35. The van der Waals surface area contributed by atoms with Gasteiger partial charge in [-0.15, -0.1) is 0 Å². The Bertz CT molecular complexity index is 80.8. The molecule has 0 aromatic heterocycles. The number of rotatable bonds is 0. The Morgan fingerprint density at radius 3 is 1.56 bits per heavy atom. The Balaban J connectivity index is 0. The van der Waals surface area contributed by atoms with E-state index in [2.05, 4.69) is 34.4 Å². The fraction of sp³-hybridized carbons (Fsp3) is 0. The molecule has 1 rings (SSSR count). The second-order valence-electron chi connectivity index (χ2n) is 1.08. The van der Waals surface area contributed by atoms with E-state index in [1.54, 1.807) is 0 Å². The molecular formula is C7H8BrCu-2. The summed E-state index contributed by atoms with van der Waals surface area (Å²) in [5.74, 6) is 0. The van der Waals surface area contributed by atoms with Crippen LogP contribution < -0.4 is 0 Å². The third-order valence-corrected chi connectivity index (χ3v) is 0.607. The largest absolute Gasteiger partial charge is 0.184 e. The minimum absolute atomic E-state index is 0. The van der Waals surface area contributed by atoms with Crippen LogP contribution in [0.15, 0.2) is 30.3 Å². The Morgan fingerprint density at radius 1 is 1.00 bits per heavy atom. The van der Waals surface area contributed by atoms with Gasteiger partial charge >= 0.3 is 28.3 Å². The van der Waals surface area contributed by atoms with Gasteiger partial charge in [0.2, 0.25) is 0 Å². The van der Waals surface area contributed by atoms with Crippen molar-refractivity contribution in [2.24, 2.45) is 0 Å². The summed E-state index contributed by atoms with van der Waals surface area (Å²) in [5.41, 5.74) is 0. The van der Waals surface area contributed by atoms with Crippen LogP contribution in [0.3, 0.4) is 0 Å². The van der Waals surface area contributed by atoms with E-state index in [9.17, 15) is 0 Å². The van der Waals surface area contributed by atoms with Gasteiger partial charge in [0.15, 0.2) is 0 Å². The van der Waals surface area contributed by atoms with Gasteiger partial charge in [-0.2, -0.15) is 36.4 Å². The van der Waals surface area contributed by atoms with Gasteiger partial charge in [0, 0.05) is 0 Å². The van der Waals surface area contributed by atoms with Crippen molar-refractivity contribution < 1.29 is 14.2 Å². The van der Waals surface area contributed by atoms with Crippen molar-refractivity contribution in [3.05, 3.63) is 43.8 Å². The molecule has 0 N–H and O–H groups in total. The van der Waals surface area contributed by atoms with Crippen LogP contribution in [-0.4, -0.2) is 0 Å². The molecule has 0 amide bonds. The van der Waals surface area contributed by atoms with Gasteiger partial charge in [-0.3, -0.25) is 0 Å². The van der Waals surface area contributed by atoms with Gasteiger partial charge in [-0.25, -0.2) is 0 Å². The molecule has 56 valence electrons. The van der Waals surface area contributed by atoms with Crippen molar-refractivity contribution in [1.82, 2.24) is 0 Å². The maximum absolute atomic E-state index is 4.00. The molecule has 0 radical (unpaired) electrons. The average molecular weight is 236 g/mol. The zero-order valence-corrected chi connectivity index (χ0v) is 7.59. The topological polar surface area (TPSA) is 0 Å². The maximum atomic E-state index is 4.00. The summed E-state index contributed by atoms with van der Waals surface area (Å²) >= 11 is 6.50. The summed E-state index contributed by atoms with van der Waals surface area (Å²) in [6.45, 7) is 0. The summed E-state index contributed by atoms with van der Waals surface area (Å²) in [5, 5.41) is 0. The van der Waals surface area contributed by atoms with E-state index in [-0.39, 0.29) is 7.43 Å². The zero-order chi connectivity index (χ0) is 6.24. The van der Waals surface area contributed by atoms with Crippen LogP contribution in [0.25, 0.3) is 0 Å². The van der Waals surface area contributed by atoms with E-state index >= 15 is 0 Å². The van der Waals surface area contributed by atoms with Crippen LogP contribution in [0, 0.1) is 13.5 Å². The zero-order valence-electron chi connectivity index (χ0n) is 5.07. The number of benzene rings is 1. The van der Waals surface area contributed by atoms with E-state index in [1.165, 1.54) is 0 Å². The predicted octanol–water partition coefficient (Wildman–Crippen LogP) is 2.78. The molecule has 1 aromatic rings. The molecule has 0 heterocycles. The molecule has 2 heteroatoms. The summed E-state index contributed by atoms with van der Waals surface area (Å²) in [6, 6.07) is 12.5. The molecule has 0 nitrogen and oxygen atoms in total. The molecule has 0 bridgehead atoms. The van der Waals surface area contributed by atoms with Gasteiger partial charge in [0.25, 0.3) is 0 Å². The van der Waals surface area contributed by atoms with Crippen LogP contribution in [0.2, 0.25) is 0 Å². The first-order valence-electron chi connectivity index (χ1n) is 2.02. The summed E-state index contributed by atoms with van der Waals surface area (Å²) in [7, 11) is 0. The molecule has 1 aromatic carbocycles. The summed E-state index contributed by atoms with van der Waals surface area (Å²) in [6.07, 6.45) is 0. The van der Waals surface area contributed by atoms with Crippen molar-refractivity contribution in [1.29, 1.82) is 0 Å². The molecule has 0 saturated carbocycles. The molecule has 0 aliphatic heterocycles. The predicted molar refractivity (Wildman–Crippen MR) is 40.6 cm³/mol. The fourth-order valence-corrected chi connectivity index (χ4v) is 0.342. The first-order chi connectivity index (χ1) is 4.00. The SMILES string of the molecule is [CH3-].[Cu][Br].[c-]1ccccc1. The maximum Gasteiger partial charge on any atom is -0.171 e. The third kappa shape index (κ3) is 8.22. The Labute approximate surface area is 72.2 Å². The standard InChI is InChI=1S/C6H5.CH3.BrH.Cu/c1-2-4-6-5-3-1;;;/h1-5H;1H3;1H;/q2*-1;;+1/p-1. The van der Waals surface area contributed by atoms with Crippen LogP contribution in [0.5, 0.6) is 0 Å². The summed E-state index contributed by atoms with van der Waals surface area (Å²) in [4.78, 5) is 0. The van der Waals surface area contributed by atoms with Crippen LogP contribution in [0.1, 0.15) is 0 Å². The quantitative estimate of drug-likeness (QED) is 0.479. The van der Waals surface area contributed by atoms with Crippen LogP contribution in [0.4, 0.5) is 0 Å². The van der Waals surface area contributed by atoms with Crippen molar-refractivity contribution in [2.75, 3.05) is 0 Å². The van der Waals surface area contributed by atoms with Gasteiger partial charge in [-0.1, -0.05) is 0 Å². The molecule has 0 aliphatic carbocycles. The molecule has 0 aliphatic rings. The molecule has 9 heavy (non-hydrogen) atoms. The van der Waals surface area contributed by atoms with Crippen LogP contribution in [-0.2, 0) is 14.2 Å². The monoisotopic (exact) mass is 234 g/mol. The smallest absolute Gasteiger partial charge is 0.171 e. The second-order valence-corrected chi connectivity index (χ2v) is 1.08. The normalized spacial score (nSPS) is 6.11. The molecule has 0 unspecified atom stereocenters. The fourth-order valence-electron chi connectivity index (χ4n) is 0.342. The molecule has 0 saturated heterocycles. The Kier molecular flexibility index (Phi) is 14.7. The van der Waals surface area contributed by atoms with Gasteiger partial charge in [-0.05, 0) is 0 Å². The van der Waals surface area contributed by atoms with E-state index in [0.29, 0.717) is 0 Å². The minimum atomic E-state index is 0. The van der Waals surface area contributed by atoms with Crippen molar-refractivity contribution >= 4 is 14.1 Å². The number of hydrogen-bond donors (Lipinski definition) is 0. The van der Waals surface area contributed by atoms with E-state index < -0.39 is 0 Å². The van der Waals surface area contributed by atoms with E-state index in [0.717, 1.165) is 0 Å². The van der Waals surface area contributed by atoms with Gasteiger partial charge < -0.3 is 7.43 Å². The molecular weight excluding hydrogens is 228 g/mol. The molecule has 0 spiro atoms. The summed E-state index contributed by atoms with van der Waals surface area (Å²) < 4.78 is 0. The molecule has 0 fully saturated rings. The average Bonchev–Trinajstić information content (AvgIpc) is 1.96. The van der Waals surface area contributed by atoms with Crippen molar-refractivity contribution in [2.45, 2.75) is 0 Å². The molecule has 0 atom stereocenters. The Hall–Kier alpha value is 0.219. The second kappa shape index (κ2) is 11.1.